The fraction of sp³-hybridized carbons (Fsp3) is 0.417. The van der Waals surface area contributed by atoms with Gasteiger partial charge in [-0.1, -0.05) is 19.1 Å². The highest BCUT2D eigenvalue weighted by Gasteiger charge is 2.09. The van der Waals surface area contributed by atoms with Crippen LogP contribution in [0.15, 0.2) is 18.2 Å². The number of halogens is 1. The summed E-state index contributed by atoms with van der Waals surface area (Å²) in [7, 11) is 0. The lowest BCUT2D eigenvalue weighted by Gasteiger charge is -2.12. The Morgan fingerprint density at radius 1 is 1.56 bits per heavy atom. The second kappa shape index (κ2) is 6.09. The number of ether oxygens (including phenoxy) is 1. The second-order valence-electron chi connectivity index (χ2n) is 3.44. The summed E-state index contributed by atoms with van der Waals surface area (Å²) in [6, 6.07) is 6.59. The summed E-state index contributed by atoms with van der Waals surface area (Å²) < 4.78 is 18.8. The maximum absolute atomic E-state index is 13.5. The van der Waals surface area contributed by atoms with Crippen LogP contribution in [0.25, 0.3) is 0 Å². The summed E-state index contributed by atoms with van der Waals surface area (Å²) in [5.41, 5.74) is 0.537. The fourth-order valence-corrected chi connectivity index (χ4v) is 1.29. The fourth-order valence-electron chi connectivity index (χ4n) is 1.29. The van der Waals surface area contributed by atoms with Gasteiger partial charge >= 0.3 is 0 Å². The van der Waals surface area contributed by atoms with Crippen molar-refractivity contribution >= 4 is 0 Å². The van der Waals surface area contributed by atoms with Gasteiger partial charge in [0.2, 0.25) is 0 Å². The standard InChI is InChI=1S/C12H15FN2O/c1-3-15-10(7-14)8-16-11-6-4-5-9(2)12(11)13/h4-6,10,15H,3,8H2,1-2H3. The minimum absolute atomic E-state index is 0.144. The smallest absolute Gasteiger partial charge is 0.167 e. The van der Waals surface area contributed by atoms with E-state index in [1.165, 1.54) is 0 Å². The molecule has 4 heteroatoms. The van der Waals surface area contributed by atoms with E-state index in [4.69, 9.17) is 10.00 Å². The molecule has 1 aromatic rings. The van der Waals surface area contributed by atoms with Crippen molar-refractivity contribution in [2.45, 2.75) is 19.9 Å². The van der Waals surface area contributed by atoms with Crippen LogP contribution < -0.4 is 10.1 Å². The maximum atomic E-state index is 13.5. The van der Waals surface area contributed by atoms with Crippen molar-refractivity contribution in [3.05, 3.63) is 29.6 Å². The Labute approximate surface area is 94.8 Å². The molecule has 1 atom stereocenters. The molecule has 1 aromatic carbocycles. The molecule has 0 aromatic heterocycles. The van der Waals surface area contributed by atoms with Crippen LogP contribution in [0, 0.1) is 24.1 Å². The summed E-state index contributed by atoms with van der Waals surface area (Å²) in [5.74, 6) is -0.172. The van der Waals surface area contributed by atoms with E-state index >= 15 is 0 Å². The van der Waals surface area contributed by atoms with Crippen molar-refractivity contribution in [1.29, 1.82) is 5.26 Å². The van der Waals surface area contributed by atoms with Crippen molar-refractivity contribution < 1.29 is 9.13 Å². The first-order valence-corrected chi connectivity index (χ1v) is 5.20. The highest BCUT2D eigenvalue weighted by atomic mass is 19.1. The molecule has 0 bridgehead atoms. The van der Waals surface area contributed by atoms with Gasteiger partial charge in [-0.15, -0.1) is 0 Å². The van der Waals surface area contributed by atoms with Crippen LogP contribution in [0.5, 0.6) is 5.75 Å². The predicted molar refractivity (Wildman–Crippen MR) is 59.7 cm³/mol. The lowest BCUT2D eigenvalue weighted by molar-refractivity contribution is 0.277. The SMILES string of the molecule is CCNC(C#N)COc1cccc(C)c1F. The van der Waals surface area contributed by atoms with E-state index < -0.39 is 6.04 Å². The van der Waals surface area contributed by atoms with E-state index in [2.05, 4.69) is 5.32 Å². The molecule has 0 fully saturated rings. The number of hydrogen-bond acceptors (Lipinski definition) is 3. The molecule has 86 valence electrons. The number of aryl methyl sites for hydroxylation is 1. The third-order valence-electron chi connectivity index (χ3n) is 2.17. The normalized spacial score (nSPS) is 11.9. The molecule has 1 rings (SSSR count). The first kappa shape index (κ1) is 12.5. The molecule has 0 aliphatic rings. The average molecular weight is 222 g/mol. The quantitative estimate of drug-likeness (QED) is 0.829. The first-order chi connectivity index (χ1) is 7.69. The Morgan fingerprint density at radius 3 is 2.94 bits per heavy atom. The van der Waals surface area contributed by atoms with Crippen molar-refractivity contribution in [3.63, 3.8) is 0 Å². The topological polar surface area (TPSA) is 45.0 Å². The summed E-state index contributed by atoms with van der Waals surface area (Å²) in [4.78, 5) is 0. The van der Waals surface area contributed by atoms with Gasteiger partial charge in [0.25, 0.3) is 0 Å². The van der Waals surface area contributed by atoms with Gasteiger partial charge in [-0.25, -0.2) is 4.39 Å². The molecular weight excluding hydrogens is 207 g/mol. The third kappa shape index (κ3) is 3.21. The number of nitrogens with one attached hydrogen (secondary N) is 1. The van der Waals surface area contributed by atoms with Crippen LogP contribution in [0.3, 0.4) is 0 Å². The zero-order valence-corrected chi connectivity index (χ0v) is 9.46. The summed E-state index contributed by atoms with van der Waals surface area (Å²) >= 11 is 0. The van der Waals surface area contributed by atoms with Crippen molar-refractivity contribution in [2.24, 2.45) is 0 Å². The first-order valence-electron chi connectivity index (χ1n) is 5.20. The molecule has 0 radical (unpaired) electrons. The van der Waals surface area contributed by atoms with E-state index in [1.807, 2.05) is 13.0 Å². The maximum Gasteiger partial charge on any atom is 0.167 e. The largest absolute Gasteiger partial charge is 0.488 e. The predicted octanol–water partition coefficient (Wildman–Crippen LogP) is 2.01. The molecule has 0 aliphatic carbocycles. The highest BCUT2D eigenvalue weighted by Crippen LogP contribution is 2.19. The van der Waals surface area contributed by atoms with E-state index in [0.717, 1.165) is 0 Å². The Hall–Kier alpha value is -1.60. The lowest BCUT2D eigenvalue weighted by atomic mass is 10.2. The van der Waals surface area contributed by atoms with Gasteiger partial charge in [0.1, 0.15) is 12.6 Å². The van der Waals surface area contributed by atoms with Gasteiger partial charge in [-0.05, 0) is 25.1 Å². The molecule has 0 spiro atoms. The van der Waals surface area contributed by atoms with Gasteiger partial charge in [0, 0.05) is 0 Å². The molecule has 3 nitrogen and oxygen atoms in total. The Morgan fingerprint density at radius 2 is 2.31 bits per heavy atom. The van der Waals surface area contributed by atoms with Crippen LogP contribution in [-0.4, -0.2) is 19.2 Å². The number of nitrogens with zero attached hydrogens (tertiary/aromatic N) is 1. The Bertz CT molecular complexity index is 387. The third-order valence-corrected chi connectivity index (χ3v) is 2.17. The van der Waals surface area contributed by atoms with Gasteiger partial charge in [0.05, 0.1) is 6.07 Å². The number of nitriles is 1. The molecule has 0 aliphatic heterocycles. The zero-order valence-electron chi connectivity index (χ0n) is 9.46. The molecule has 0 amide bonds. The summed E-state index contributed by atoms with van der Waals surface area (Å²) in [6.07, 6.45) is 0. The molecule has 0 heterocycles. The molecule has 0 saturated heterocycles. The van der Waals surface area contributed by atoms with Crippen LogP contribution in [0.2, 0.25) is 0 Å². The number of rotatable bonds is 5. The van der Waals surface area contributed by atoms with Crippen LogP contribution in [-0.2, 0) is 0 Å². The van der Waals surface area contributed by atoms with E-state index in [0.29, 0.717) is 12.1 Å². The summed E-state index contributed by atoms with van der Waals surface area (Å²) in [6.45, 7) is 4.40. The second-order valence-corrected chi connectivity index (χ2v) is 3.44. The van der Waals surface area contributed by atoms with Crippen LogP contribution in [0.1, 0.15) is 12.5 Å². The highest BCUT2D eigenvalue weighted by molar-refractivity contribution is 5.30. The van der Waals surface area contributed by atoms with Gasteiger partial charge in [-0.3, -0.25) is 5.32 Å². The molecule has 1 unspecified atom stereocenters. The van der Waals surface area contributed by atoms with Crippen molar-refractivity contribution in [3.8, 4) is 11.8 Å². The van der Waals surface area contributed by atoms with Crippen LogP contribution >= 0.6 is 0 Å². The minimum Gasteiger partial charge on any atom is -0.488 e. The van der Waals surface area contributed by atoms with Crippen LogP contribution in [0.4, 0.5) is 4.39 Å². The Kier molecular flexibility index (Phi) is 4.74. The molecular formula is C12H15FN2O. The lowest BCUT2D eigenvalue weighted by Crippen LogP contribution is -2.33. The zero-order chi connectivity index (χ0) is 12.0. The monoisotopic (exact) mass is 222 g/mol. The molecule has 16 heavy (non-hydrogen) atoms. The van der Waals surface area contributed by atoms with Gasteiger partial charge < -0.3 is 4.74 Å². The van der Waals surface area contributed by atoms with E-state index in [1.54, 1.807) is 25.1 Å². The molecule has 0 saturated carbocycles. The summed E-state index contributed by atoms with van der Waals surface area (Å²) in [5, 5.41) is 11.7. The number of likely N-dealkylation sites (N-methyl/N-ethyl adjacent to an activating group) is 1. The van der Waals surface area contributed by atoms with Crippen molar-refractivity contribution in [2.75, 3.05) is 13.2 Å². The van der Waals surface area contributed by atoms with E-state index in [9.17, 15) is 4.39 Å². The van der Waals surface area contributed by atoms with Gasteiger partial charge in [0.15, 0.2) is 11.6 Å². The van der Waals surface area contributed by atoms with E-state index in [-0.39, 0.29) is 18.2 Å². The average Bonchev–Trinajstić information content (AvgIpc) is 2.29. The number of benzene rings is 1. The van der Waals surface area contributed by atoms with Crippen molar-refractivity contribution in [1.82, 2.24) is 5.32 Å². The number of hydrogen-bond donors (Lipinski definition) is 1. The van der Waals surface area contributed by atoms with Gasteiger partial charge in [-0.2, -0.15) is 5.26 Å². The Balaban J connectivity index is 2.61. The minimum atomic E-state index is -0.412. The molecule has 1 N–H and O–H groups in total.